The monoisotopic (exact) mass is 391 g/mol. The lowest BCUT2D eigenvalue weighted by molar-refractivity contribution is -0.0163. The summed E-state index contributed by atoms with van der Waals surface area (Å²) in [4.78, 5) is 14.6. The highest BCUT2D eigenvalue weighted by molar-refractivity contribution is 6.32. The first-order chi connectivity index (χ1) is 12.8. The van der Waals surface area contributed by atoms with E-state index in [4.69, 9.17) is 16.3 Å². The van der Waals surface area contributed by atoms with E-state index in [-0.39, 0.29) is 12.5 Å². The summed E-state index contributed by atoms with van der Waals surface area (Å²) in [5.74, 6) is 0.542. The van der Waals surface area contributed by atoms with Crippen molar-refractivity contribution in [1.82, 2.24) is 14.7 Å². The lowest BCUT2D eigenvalue weighted by atomic mass is 9.96. The second kappa shape index (κ2) is 7.90. The van der Waals surface area contributed by atoms with Gasteiger partial charge in [-0.3, -0.25) is 9.48 Å². The molecule has 2 heterocycles. The maximum Gasteiger partial charge on any atom is 0.257 e. The molecule has 1 amide bonds. The van der Waals surface area contributed by atoms with E-state index in [9.17, 15) is 9.90 Å². The first-order valence-corrected chi connectivity index (χ1v) is 9.56. The van der Waals surface area contributed by atoms with Gasteiger partial charge in [0.2, 0.25) is 0 Å². The minimum Gasteiger partial charge on any atom is -0.489 e. The highest BCUT2D eigenvalue weighted by atomic mass is 35.5. The van der Waals surface area contributed by atoms with Gasteiger partial charge in [-0.25, -0.2) is 0 Å². The minimum absolute atomic E-state index is 0.0347. The zero-order valence-electron chi connectivity index (χ0n) is 16.0. The average Bonchev–Trinajstić information content (AvgIpc) is 2.84. The molecule has 1 fully saturated rings. The molecule has 2 aromatic rings. The molecule has 1 unspecified atom stereocenters. The topological polar surface area (TPSA) is 67.6 Å². The fourth-order valence-electron chi connectivity index (χ4n) is 3.44. The van der Waals surface area contributed by atoms with Crippen LogP contribution in [0.4, 0.5) is 0 Å². The maximum absolute atomic E-state index is 12.8. The van der Waals surface area contributed by atoms with Crippen molar-refractivity contribution in [3.8, 4) is 5.75 Å². The second-order valence-electron chi connectivity index (χ2n) is 7.39. The maximum atomic E-state index is 12.8. The van der Waals surface area contributed by atoms with Gasteiger partial charge in [0.05, 0.1) is 16.3 Å². The van der Waals surface area contributed by atoms with Crippen LogP contribution in [0.5, 0.6) is 5.75 Å². The van der Waals surface area contributed by atoms with Crippen LogP contribution in [0.1, 0.15) is 40.9 Å². The molecule has 146 valence electrons. The summed E-state index contributed by atoms with van der Waals surface area (Å²) < 4.78 is 7.47. The summed E-state index contributed by atoms with van der Waals surface area (Å²) in [7, 11) is 1.80. The largest absolute Gasteiger partial charge is 0.489 e. The Labute approximate surface area is 164 Å². The van der Waals surface area contributed by atoms with Gasteiger partial charge in [-0.15, -0.1) is 0 Å². The van der Waals surface area contributed by atoms with Crippen molar-refractivity contribution in [2.45, 2.75) is 38.7 Å². The van der Waals surface area contributed by atoms with Gasteiger partial charge in [0.25, 0.3) is 5.91 Å². The van der Waals surface area contributed by atoms with Crippen molar-refractivity contribution < 1.29 is 14.6 Å². The van der Waals surface area contributed by atoms with Crippen LogP contribution in [0.25, 0.3) is 0 Å². The van der Waals surface area contributed by atoms with Crippen LogP contribution in [0.15, 0.2) is 24.4 Å². The Balaban J connectivity index is 1.64. The zero-order valence-corrected chi connectivity index (χ0v) is 16.8. The van der Waals surface area contributed by atoms with Gasteiger partial charge in [-0.05, 0) is 50.8 Å². The number of amides is 1. The Morgan fingerprint density at radius 2 is 2.11 bits per heavy atom. The van der Waals surface area contributed by atoms with Gasteiger partial charge in [0.1, 0.15) is 18.0 Å². The van der Waals surface area contributed by atoms with Crippen LogP contribution in [0.3, 0.4) is 0 Å². The molecule has 1 N–H and O–H groups in total. The molecule has 27 heavy (non-hydrogen) atoms. The van der Waals surface area contributed by atoms with Gasteiger partial charge in [0, 0.05) is 26.3 Å². The summed E-state index contributed by atoms with van der Waals surface area (Å²) in [6.07, 6.45) is 3.50. The summed E-state index contributed by atoms with van der Waals surface area (Å²) in [6.45, 7) is 5.05. The number of aryl methyl sites for hydroxylation is 3. The van der Waals surface area contributed by atoms with E-state index in [0.29, 0.717) is 48.7 Å². The number of ether oxygens (including phenoxy) is 1. The Morgan fingerprint density at radius 1 is 1.33 bits per heavy atom. The van der Waals surface area contributed by atoms with Gasteiger partial charge in [0.15, 0.2) is 0 Å². The first kappa shape index (κ1) is 19.7. The van der Waals surface area contributed by atoms with Crippen molar-refractivity contribution in [2.75, 3.05) is 19.7 Å². The molecule has 0 radical (unpaired) electrons. The summed E-state index contributed by atoms with van der Waals surface area (Å²) >= 11 is 6.17. The normalized spacial score (nSPS) is 20.4. The molecule has 3 rings (SSSR count). The van der Waals surface area contributed by atoms with E-state index in [1.165, 1.54) is 0 Å². The number of likely N-dealkylation sites (tertiary alicyclic amines) is 1. The predicted octanol–water partition coefficient (Wildman–Crippen LogP) is 3.13. The van der Waals surface area contributed by atoms with E-state index in [0.717, 1.165) is 11.3 Å². The van der Waals surface area contributed by atoms with Crippen LogP contribution < -0.4 is 4.74 Å². The number of carbonyl (C=O) groups excluding carboxylic acids is 1. The quantitative estimate of drug-likeness (QED) is 0.869. The average molecular weight is 392 g/mol. The third kappa shape index (κ3) is 4.62. The van der Waals surface area contributed by atoms with Gasteiger partial charge < -0.3 is 14.7 Å². The van der Waals surface area contributed by atoms with E-state index in [1.807, 2.05) is 26.0 Å². The number of carbonyl (C=O) groups is 1. The molecule has 1 saturated heterocycles. The third-order valence-corrected chi connectivity index (χ3v) is 5.34. The van der Waals surface area contributed by atoms with Crippen LogP contribution in [0, 0.1) is 13.8 Å². The van der Waals surface area contributed by atoms with Crippen molar-refractivity contribution in [3.63, 3.8) is 0 Å². The van der Waals surface area contributed by atoms with Crippen LogP contribution in [-0.2, 0) is 7.05 Å². The minimum atomic E-state index is -0.980. The molecule has 0 spiro atoms. The van der Waals surface area contributed by atoms with Crippen LogP contribution in [0.2, 0.25) is 5.02 Å². The lowest BCUT2D eigenvalue weighted by Crippen LogP contribution is -2.38. The number of aromatic nitrogens is 2. The number of halogens is 1. The van der Waals surface area contributed by atoms with Gasteiger partial charge in [-0.1, -0.05) is 17.7 Å². The molecular formula is C20H26ClN3O3. The number of aliphatic hydroxyl groups is 1. The van der Waals surface area contributed by atoms with E-state index < -0.39 is 5.60 Å². The summed E-state index contributed by atoms with van der Waals surface area (Å²) in [6, 6.07) is 5.57. The van der Waals surface area contributed by atoms with E-state index in [1.54, 1.807) is 28.9 Å². The lowest BCUT2D eigenvalue weighted by Gasteiger charge is -2.27. The van der Waals surface area contributed by atoms with Crippen molar-refractivity contribution in [1.29, 1.82) is 0 Å². The molecule has 0 saturated carbocycles. The molecule has 0 aliphatic carbocycles. The number of hydrogen-bond donors (Lipinski definition) is 1. The summed E-state index contributed by atoms with van der Waals surface area (Å²) in [5, 5.41) is 15.8. The van der Waals surface area contributed by atoms with Gasteiger partial charge in [-0.2, -0.15) is 5.10 Å². The van der Waals surface area contributed by atoms with Crippen LogP contribution >= 0.6 is 11.6 Å². The Morgan fingerprint density at radius 3 is 2.81 bits per heavy atom. The van der Waals surface area contributed by atoms with Crippen LogP contribution in [-0.4, -0.2) is 51.0 Å². The summed E-state index contributed by atoms with van der Waals surface area (Å²) in [5.41, 5.74) is 1.41. The SMILES string of the molecule is Cc1ccc(Cl)c(OCC2(O)CCCN(C(=O)c3cn(C)nc3C)CC2)c1. The molecule has 1 aromatic carbocycles. The van der Waals surface area contributed by atoms with Crippen molar-refractivity contribution >= 4 is 17.5 Å². The Kier molecular flexibility index (Phi) is 5.77. The molecule has 0 bridgehead atoms. The highest BCUT2D eigenvalue weighted by Gasteiger charge is 2.33. The molecule has 1 atom stereocenters. The first-order valence-electron chi connectivity index (χ1n) is 9.18. The molecule has 1 aromatic heterocycles. The van der Waals surface area contributed by atoms with Crippen molar-refractivity contribution in [2.24, 2.45) is 7.05 Å². The Bertz CT molecular complexity index is 836. The van der Waals surface area contributed by atoms with Gasteiger partial charge >= 0.3 is 0 Å². The molecule has 7 heteroatoms. The van der Waals surface area contributed by atoms with E-state index >= 15 is 0 Å². The van der Waals surface area contributed by atoms with E-state index in [2.05, 4.69) is 5.10 Å². The predicted molar refractivity (Wildman–Crippen MR) is 104 cm³/mol. The smallest absolute Gasteiger partial charge is 0.257 e. The zero-order chi connectivity index (χ0) is 19.6. The number of benzene rings is 1. The number of hydrogen-bond acceptors (Lipinski definition) is 4. The molecular weight excluding hydrogens is 366 g/mol. The molecule has 1 aliphatic heterocycles. The fourth-order valence-corrected chi connectivity index (χ4v) is 3.61. The number of nitrogens with zero attached hydrogens (tertiary/aromatic N) is 3. The number of rotatable bonds is 4. The third-order valence-electron chi connectivity index (χ3n) is 5.03. The highest BCUT2D eigenvalue weighted by Crippen LogP contribution is 2.29. The molecule has 6 nitrogen and oxygen atoms in total. The Hall–Kier alpha value is -2.05. The fraction of sp³-hybridized carbons (Fsp3) is 0.500. The second-order valence-corrected chi connectivity index (χ2v) is 7.80. The molecule has 1 aliphatic rings. The standard InChI is InChI=1S/C20H26ClN3O3/c1-14-5-6-17(21)18(11-14)27-13-20(26)7-4-9-24(10-8-20)19(25)16-12-23(3)22-15(16)2/h5-6,11-12,26H,4,7-10,13H2,1-3H3. The van der Waals surface area contributed by atoms with Crippen molar-refractivity contribution in [3.05, 3.63) is 46.2 Å².